The van der Waals surface area contributed by atoms with Crippen LogP contribution in [0.2, 0.25) is 10.0 Å². The van der Waals surface area contributed by atoms with Crippen molar-refractivity contribution in [2.45, 2.75) is 37.9 Å². The van der Waals surface area contributed by atoms with Gasteiger partial charge in [0, 0.05) is 56.5 Å². The minimum atomic E-state index is -4.71. The highest BCUT2D eigenvalue weighted by molar-refractivity contribution is 6.36. The zero-order valence-electron chi connectivity index (χ0n) is 23.1. The predicted octanol–water partition coefficient (Wildman–Crippen LogP) is 8.65. The summed E-state index contributed by atoms with van der Waals surface area (Å²) in [7, 11) is 0. The van der Waals surface area contributed by atoms with Crippen LogP contribution in [0.4, 0.5) is 18.9 Å². The van der Waals surface area contributed by atoms with E-state index in [0.29, 0.717) is 44.5 Å². The van der Waals surface area contributed by atoms with Crippen molar-refractivity contribution < 1.29 is 18.0 Å². The third-order valence-electron chi connectivity index (χ3n) is 8.02. The maximum Gasteiger partial charge on any atom is 0.418 e. The number of halogens is 5. The Kier molecular flexibility index (Phi) is 7.82. The van der Waals surface area contributed by atoms with Gasteiger partial charge in [-0.3, -0.25) is 14.9 Å². The maximum absolute atomic E-state index is 14.2. The summed E-state index contributed by atoms with van der Waals surface area (Å²) in [4.78, 5) is 14.9. The van der Waals surface area contributed by atoms with E-state index in [1.54, 1.807) is 29.1 Å². The Morgan fingerprint density at radius 3 is 2.34 bits per heavy atom. The maximum atomic E-state index is 14.2. The van der Waals surface area contributed by atoms with Gasteiger partial charge in [0.2, 0.25) is 0 Å². The fourth-order valence-electron chi connectivity index (χ4n) is 6.11. The van der Waals surface area contributed by atoms with Crippen LogP contribution < -0.4 is 4.90 Å². The lowest BCUT2D eigenvalue weighted by atomic mass is 9.71. The van der Waals surface area contributed by atoms with Crippen LogP contribution in [0.15, 0.2) is 90.3 Å². The Balaban J connectivity index is 1.58. The van der Waals surface area contributed by atoms with E-state index < -0.39 is 23.6 Å². The molecule has 1 aliphatic carbocycles. The molecule has 1 N–H and O–H groups in total. The van der Waals surface area contributed by atoms with Gasteiger partial charge in [0.25, 0.3) is 0 Å². The van der Waals surface area contributed by atoms with Crippen LogP contribution in [0.25, 0.3) is 11.3 Å². The zero-order chi connectivity index (χ0) is 31.2. The van der Waals surface area contributed by atoms with E-state index in [1.165, 1.54) is 18.2 Å². The van der Waals surface area contributed by atoms with Gasteiger partial charge in [0.15, 0.2) is 5.78 Å². The molecule has 11 heteroatoms. The number of alkyl halides is 3. The Hall–Kier alpha value is -4.39. The summed E-state index contributed by atoms with van der Waals surface area (Å²) >= 11 is 12.9. The Bertz CT molecular complexity index is 1840. The molecule has 0 bridgehead atoms. The number of para-hydroxylation sites is 1. The number of carbonyl (C=O) groups excluding carboxylic acids is 1. The number of nitrogens with zero attached hydrogens (tertiary/aromatic N) is 4. The number of nitrogens with one attached hydrogen (secondary N) is 1. The normalized spacial score (nSPS) is 18.8. The van der Waals surface area contributed by atoms with Crippen molar-refractivity contribution in [2.75, 3.05) is 4.90 Å². The van der Waals surface area contributed by atoms with Gasteiger partial charge in [0.05, 0.1) is 29.6 Å². The summed E-state index contributed by atoms with van der Waals surface area (Å²) < 4.78 is 44.1. The van der Waals surface area contributed by atoms with Gasteiger partial charge in [-0.15, -0.1) is 0 Å². The number of rotatable bonds is 5. The predicted molar refractivity (Wildman–Crippen MR) is 163 cm³/mol. The second-order valence-corrected chi connectivity index (χ2v) is 11.5. The number of hydrogen-bond donors (Lipinski definition) is 1. The van der Waals surface area contributed by atoms with Gasteiger partial charge in [-0.2, -0.15) is 23.5 Å². The van der Waals surface area contributed by atoms with Gasteiger partial charge in [-0.25, -0.2) is 0 Å². The Morgan fingerprint density at radius 2 is 1.66 bits per heavy atom. The van der Waals surface area contributed by atoms with Gasteiger partial charge >= 0.3 is 6.18 Å². The van der Waals surface area contributed by atoms with Crippen LogP contribution in [0.1, 0.15) is 41.9 Å². The summed E-state index contributed by atoms with van der Waals surface area (Å²) in [6.45, 7) is 0.185. The van der Waals surface area contributed by atoms with E-state index in [2.05, 4.69) is 6.07 Å². The fourth-order valence-corrected chi connectivity index (χ4v) is 6.62. The number of carbonyl (C=O) groups is 1. The monoisotopic (exact) mass is 633 g/mol. The van der Waals surface area contributed by atoms with E-state index in [9.17, 15) is 23.2 Å². The van der Waals surface area contributed by atoms with Crippen LogP contribution >= 0.6 is 23.2 Å². The minimum absolute atomic E-state index is 0.180. The molecular formula is C33H24Cl2F3N5O. The second-order valence-electron chi connectivity index (χ2n) is 10.7. The quantitative estimate of drug-likeness (QED) is 0.238. The molecule has 0 amide bonds. The van der Waals surface area contributed by atoms with Gasteiger partial charge in [-0.1, -0.05) is 71.7 Å². The number of hydrogen-bond acceptors (Lipinski definition) is 4. The molecule has 2 heterocycles. The summed E-state index contributed by atoms with van der Waals surface area (Å²) in [6.07, 6.45) is -2.13. The van der Waals surface area contributed by atoms with E-state index in [1.807, 2.05) is 30.3 Å². The molecule has 0 fully saturated rings. The van der Waals surface area contributed by atoms with E-state index >= 15 is 0 Å². The first-order valence-corrected chi connectivity index (χ1v) is 14.6. The van der Waals surface area contributed by atoms with E-state index in [4.69, 9.17) is 33.7 Å². The number of allylic oxidation sites excluding steroid dienone is 2. The number of ketones is 1. The summed E-state index contributed by atoms with van der Waals surface area (Å²) in [5.41, 5.74) is 1.66. The summed E-state index contributed by atoms with van der Waals surface area (Å²) in [5.74, 6) is -2.81. The first kappa shape index (κ1) is 29.7. The van der Waals surface area contributed by atoms with Crippen molar-refractivity contribution in [3.63, 3.8) is 0 Å². The molecule has 222 valence electrons. The Morgan fingerprint density at radius 1 is 0.977 bits per heavy atom. The average Bonchev–Trinajstić information content (AvgIpc) is 3.42. The first-order chi connectivity index (χ1) is 21.1. The third kappa shape index (κ3) is 5.18. The van der Waals surface area contributed by atoms with Crippen LogP contribution in [0, 0.1) is 22.7 Å². The molecule has 3 aromatic carbocycles. The highest BCUT2D eigenvalue weighted by Crippen LogP contribution is 2.50. The lowest BCUT2D eigenvalue weighted by Gasteiger charge is -2.42. The average molecular weight is 634 g/mol. The molecule has 0 saturated heterocycles. The number of Topliss-reactive ketones (excluding diaryl/α,β-unsaturated/α-hetero) is 1. The molecule has 0 radical (unpaired) electrons. The van der Waals surface area contributed by atoms with E-state index in [-0.39, 0.29) is 42.3 Å². The first-order valence-electron chi connectivity index (χ1n) is 13.9. The zero-order valence-corrected chi connectivity index (χ0v) is 24.6. The summed E-state index contributed by atoms with van der Waals surface area (Å²) in [5, 5.41) is 25.4. The molecule has 44 heavy (non-hydrogen) atoms. The van der Waals surface area contributed by atoms with Gasteiger partial charge < -0.3 is 4.90 Å². The molecule has 4 aromatic rings. The molecule has 6 nitrogen and oxygen atoms in total. The molecule has 0 spiro atoms. The van der Waals surface area contributed by atoms with Gasteiger partial charge in [0.1, 0.15) is 11.8 Å². The lowest BCUT2D eigenvalue weighted by Crippen LogP contribution is -2.46. The van der Waals surface area contributed by atoms with Crippen molar-refractivity contribution in [1.82, 2.24) is 9.78 Å². The number of nitriles is 1. The van der Waals surface area contributed by atoms with Crippen LogP contribution in [0.3, 0.4) is 0 Å². The van der Waals surface area contributed by atoms with Crippen LogP contribution in [-0.4, -0.2) is 21.4 Å². The molecule has 2 unspecified atom stereocenters. The van der Waals surface area contributed by atoms with Gasteiger partial charge in [-0.05, 0) is 37.1 Å². The van der Waals surface area contributed by atoms with Crippen molar-refractivity contribution >= 4 is 40.5 Å². The highest BCUT2D eigenvalue weighted by atomic mass is 35.5. The number of benzene rings is 3. The van der Waals surface area contributed by atoms with E-state index in [0.717, 1.165) is 11.0 Å². The Labute approximate surface area is 261 Å². The van der Waals surface area contributed by atoms with Crippen LogP contribution in [0.5, 0.6) is 0 Å². The number of anilines is 1. The molecular weight excluding hydrogens is 610 g/mol. The van der Waals surface area contributed by atoms with Crippen molar-refractivity contribution in [2.24, 2.45) is 5.92 Å². The van der Waals surface area contributed by atoms with Crippen molar-refractivity contribution in [3.05, 3.63) is 117 Å². The van der Waals surface area contributed by atoms with Crippen molar-refractivity contribution in [1.29, 1.82) is 10.7 Å². The number of aromatic nitrogens is 2. The fraction of sp³-hybridized carbons (Fsp3) is 0.212. The van der Waals surface area contributed by atoms with Crippen molar-refractivity contribution in [3.8, 4) is 17.3 Å². The summed E-state index contributed by atoms with van der Waals surface area (Å²) in [6, 6.07) is 21.5. The smallest absolute Gasteiger partial charge is 0.301 e. The highest BCUT2D eigenvalue weighted by Gasteiger charge is 2.48. The second kappa shape index (κ2) is 11.6. The number of amidine groups is 1. The standard InChI is InChI=1S/C33H24Cl2F3N5O/c34-24-11-6-12-25(35)21(24)17-42-18-22(31(41-42)19-8-2-1-3-9-19)29-20(16-39)32(40)43(27-14-7-15-28(44)30(27)29)26-13-5-4-10-23(26)33(36,37)38/h1-6,8-13,18,20,29,40H,7,14-15,17H2. The molecule has 1 aliphatic heterocycles. The SMILES string of the molecule is N#CC1C(=N)N(c2ccccc2C(F)(F)F)C2=C(C(=O)CCC2)C1c1cn(Cc2c(Cl)cccc2Cl)nc1-c1ccccc1. The minimum Gasteiger partial charge on any atom is -0.301 e. The molecule has 6 rings (SSSR count). The molecule has 2 atom stereocenters. The third-order valence-corrected chi connectivity index (χ3v) is 8.73. The molecule has 1 aromatic heterocycles. The lowest BCUT2D eigenvalue weighted by molar-refractivity contribution is -0.137. The van der Waals surface area contributed by atoms with Crippen LogP contribution in [-0.2, 0) is 17.5 Å². The topological polar surface area (TPSA) is 85.8 Å². The largest absolute Gasteiger partial charge is 0.418 e. The molecule has 2 aliphatic rings. The molecule has 0 saturated carbocycles.